The highest BCUT2D eigenvalue weighted by Gasteiger charge is 2.18. The first kappa shape index (κ1) is 21.0. The lowest BCUT2D eigenvalue weighted by molar-refractivity contribution is 0.0995. The van der Waals surface area contributed by atoms with Crippen LogP contribution in [0, 0.1) is 12.7 Å². The second kappa shape index (κ2) is 8.75. The summed E-state index contributed by atoms with van der Waals surface area (Å²) in [6, 6.07) is 11.4. The minimum absolute atomic E-state index is 0.167. The zero-order chi connectivity index (χ0) is 21.8. The van der Waals surface area contributed by atoms with Crippen LogP contribution in [0.4, 0.5) is 15.1 Å². The van der Waals surface area contributed by atoms with Crippen LogP contribution < -0.4 is 21.1 Å². The van der Waals surface area contributed by atoms with E-state index in [2.05, 4.69) is 10.6 Å². The van der Waals surface area contributed by atoms with E-state index in [0.29, 0.717) is 21.2 Å². The van der Waals surface area contributed by atoms with Crippen molar-refractivity contribution in [3.63, 3.8) is 0 Å². The average molecular weight is 427 g/mol. The normalized spacial score (nSPS) is 10.4. The molecule has 30 heavy (non-hydrogen) atoms. The van der Waals surface area contributed by atoms with Gasteiger partial charge in [0.2, 0.25) is 5.91 Å². The average Bonchev–Trinajstić information content (AvgIpc) is 3.08. The van der Waals surface area contributed by atoms with Crippen LogP contribution in [0.25, 0.3) is 0 Å². The molecule has 0 aliphatic carbocycles. The Kier molecular flexibility index (Phi) is 6.12. The molecule has 0 unspecified atom stereocenters. The van der Waals surface area contributed by atoms with E-state index < -0.39 is 23.5 Å². The first-order valence-electron chi connectivity index (χ1n) is 8.75. The number of hydrogen-bond donors (Lipinski definition) is 3. The third kappa shape index (κ3) is 4.64. The second-order valence-electron chi connectivity index (χ2n) is 6.32. The van der Waals surface area contributed by atoms with Crippen LogP contribution in [0.3, 0.4) is 0 Å². The van der Waals surface area contributed by atoms with Gasteiger partial charge in [0.05, 0.1) is 22.7 Å². The van der Waals surface area contributed by atoms with Crippen molar-refractivity contribution >= 4 is 39.7 Å². The summed E-state index contributed by atoms with van der Waals surface area (Å²) in [7, 11) is 1.44. The molecule has 0 atom stereocenters. The van der Waals surface area contributed by atoms with Crippen LogP contribution in [0.5, 0.6) is 5.75 Å². The number of primary amides is 1. The number of thiophene rings is 1. The van der Waals surface area contributed by atoms with Gasteiger partial charge in [-0.2, -0.15) is 0 Å². The number of methoxy groups -OCH3 is 1. The molecular formula is C21H18FN3O4S. The molecule has 2 aromatic carbocycles. The van der Waals surface area contributed by atoms with Gasteiger partial charge in [0.25, 0.3) is 11.8 Å². The van der Waals surface area contributed by atoms with Gasteiger partial charge in [-0.05, 0) is 55.0 Å². The summed E-state index contributed by atoms with van der Waals surface area (Å²) in [5.74, 6) is -1.72. The third-order valence-electron chi connectivity index (χ3n) is 4.18. The van der Waals surface area contributed by atoms with Crippen molar-refractivity contribution in [1.29, 1.82) is 0 Å². The van der Waals surface area contributed by atoms with E-state index in [4.69, 9.17) is 10.5 Å². The highest BCUT2D eigenvalue weighted by molar-refractivity contribution is 7.18. The van der Waals surface area contributed by atoms with Gasteiger partial charge in [0.1, 0.15) is 11.6 Å². The monoisotopic (exact) mass is 427 g/mol. The van der Waals surface area contributed by atoms with Crippen LogP contribution >= 0.6 is 11.3 Å². The first-order valence-corrected chi connectivity index (χ1v) is 9.56. The summed E-state index contributed by atoms with van der Waals surface area (Å²) in [4.78, 5) is 36.8. The fourth-order valence-corrected chi connectivity index (χ4v) is 3.68. The van der Waals surface area contributed by atoms with Crippen molar-refractivity contribution in [1.82, 2.24) is 0 Å². The number of anilines is 2. The number of carbonyl (C=O) groups excluding carboxylic acids is 3. The molecule has 4 N–H and O–H groups in total. The fraction of sp³-hybridized carbons (Fsp3) is 0.0952. The Morgan fingerprint density at radius 1 is 1.00 bits per heavy atom. The number of halogens is 1. The van der Waals surface area contributed by atoms with Gasteiger partial charge in [-0.1, -0.05) is 6.07 Å². The maximum absolute atomic E-state index is 13.3. The predicted octanol–water partition coefficient (Wildman–Crippen LogP) is 3.81. The smallest absolute Gasteiger partial charge is 0.266 e. The molecule has 1 aromatic heterocycles. The summed E-state index contributed by atoms with van der Waals surface area (Å²) in [6.07, 6.45) is 0. The Morgan fingerprint density at radius 3 is 2.43 bits per heavy atom. The number of aryl methyl sites for hydroxylation is 1. The molecule has 0 saturated carbocycles. The molecule has 3 aromatic rings. The SMILES string of the molecule is COc1ccc(C(N)=O)cc1NC(=O)c1sc(NC(=O)c2cccc(F)c2)cc1C. The summed E-state index contributed by atoms with van der Waals surface area (Å²) in [6.45, 7) is 1.72. The number of benzene rings is 2. The molecular weight excluding hydrogens is 409 g/mol. The number of nitrogens with one attached hydrogen (secondary N) is 2. The molecule has 0 spiro atoms. The summed E-state index contributed by atoms with van der Waals surface area (Å²) in [5.41, 5.74) is 6.60. The molecule has 0 radical (unpaired) electrons. The molecule has 0 fully saturated rings. The largest absolute Gasteiger partial charge is 0.495 e. The molecule has 9 heteroatoms. The van der Waals surface area contributed by atoms with Crippen LogP contribution in [0.2, 0.25) is 0 Å². The van der Waals surface area contributed by atoms with Crippen molar-refractivity contribution in [2.75, 3.05) is 17.7 Å². The highest BCUT2D eigenvalue weighted by Crippen LogP contribution is 2.30. The van der Waals surface area contributed by atoms with Crippen molar-refractivity contribution in [3.8, 4) is 5.75 Å². The van der Waals surface area contributed by atoms with Gasteiger partial charge >= 0.3 is 0 Å². The van der Waals surface area contributed by atoms with E-state index in [9.17, 15) is 18.8 Å². The molecule has 0 aliphatic rings. The summed E-state index contributed by atoms with van der Waals surface area (Å²) in [5, 5.41) is 5.79. The van der Waals surface area contributed by atoms with Crippen LogP contribution in [-0.2, 0) is 0 Å². The van der Waals surface area contributed by atoms with Crippen LogP contribution in [0.1, 0.15) is 36.0 Å². The number of amides is 3. The van der Waals surface area contributed by atoms with Gasteiger partial charge in [-0.15, -0.1) is 11.3 Å². The van der Waals surface area contributed by atoms with Crippen molar-refractivity contribution in [2.45, 2.75) is 6.92 Å². The molecule has 3 rings (SSSR count). The van der Waals surface area contributed by atoms with Crippen molar-refractivity contribution in [2.24, 2.45) is 5.73 Å². The Labute approximate surface area is 175 Å². The van der Waals surface area contributed by atoms with E-state index in [-0.39, 0.29) is 16.8 Å². The van der Waals surface area contributed by atoms with Crippen molar-refractivity contribution < 1.29 is 23.5 Å². The van der Waals surface area contributed by atoms with Gasteiger partial charge < -0.3 is 21.1 Å². The molecule has 3 amide bonds. The van der Waals surface area contributed by atoms with Crippen LogP contribution in [0.15, 0.2) is 48.5 Å². The van der Waals surface area contributed by atoms with Gasteiger partial charge in [-0.3, -0.25) is 14.4 Å². The zero-order valence-electron chi connectivity index (χ0n) is 16.1. The number of carbonyl (C=O) groups is 3. The lowest BCUT2D eigenvalue weighted by atomic mass is 10.1. The molecule has 0 bridgehead atoms. The quantitative estimate of drug-likeness (QED) is 0.556. The maximum Gasteiger partial charge on any atom is 0.266 e. The third-order valence-corrected chi connectivity index (χ3v) is 5.33. The number of nitrogens with two attached hydrogens (primary N) is 1. The standard InChI is InChI=1S/C21H18FN3O4S/c1-11-8-17(25-20(27)13-4-3-5-14(22)9-13)30-18(11)21(28)24-15-10-12(19(23)26)6-7-16(15)29-2/h3-10H,1-2H3,(H2,23,26)(H,24,28)(H,25,27). The summed E-state index contributed by atoms with van der Waals surface area (Å²) >= 11 is 1.07. The van der Waals surface area contributed by atoms with E-state index in [0.717, 1.165) is 17.4 Å². The van der Waals surface area contributed by atoms with E-state index in [1.807, 2.05) is 0 Å². The summed E-state index contributed by atoms with van der Waals surface area (Å²) < 4.78 is 18.5. The maximum atomic E-state index is 13.3. The minimum Gasteiger partial charge on any atom is -0.495 e. The van der Waals surface area contributed by atoms with Crippen molar-refractivity contribution in [3.05, 3.63) is 75.9 Å². The van der Waals surface area contributed by atoms with Gasteiger partial charge in [-0.25, -0.2) is 4.39 Å². The fourth-order valence-electron chi connectivity index (χ4n) is 2.72. The Bertz CT molecular complexity index is 1140. The minimum atomic E-state index is -0.636. The van der Waals surface area contributed by atoms with Crippen LogP contribution in [-0.4, -0.2) is 24.8 Å². The number of hydrogen-bond acceptors (Lipinski definition) is 5. The number of ether oxygens (including phenoxy) is 1. The lowest BCUT2D eigenvalue weighted by Gasteiger charge is -2.11. The number of rotatable bonds is 6. The molecule has 1 heterocycles. The Morgan fingerprint density at radius 2 is 1.77 bits per heavy atom. The zero-order valence-corrected chi connectivity index (χ0v) is 16.9. The molecule has 0 saturated heterocycles. The topological polar surface area (TPSA) is 111 Å². The van der Waals surface area contributed by atoms with Gasteiger partial charge in [0.15, 0.2) is 0 Å². The predicted molar refractivity (Wildman–Crippen MR) is 113 cm³/mol. The lowest BCUT2D eigenvalue weighted by Crippen LogP contribution is -2.15. The molecule has 7 nitrogen and oxygen atoms in total. The molecule has 154 valence electrons. The van der Waals surface area contributed by atoms with E-state index >= 15 is 0 Å². The second-order valence-corrected chi connectivity index (χ2v) is 7.37. The highest BCUT2D eigenvalue weighted by atomic mass is 32.1. The molecule has 0 aliphatic heterocycles. The Hall–Kier alpha value is -3.72. The van der Waals surface area contributed by atoms with Gasteiger partial charge in [0, 0.05) is 11.1 Å². The van der Waals surface area contributed by atoms with E-state index in [1.165, 1.54) is 43.5 Å². The Balaban J connectivity index is 1.80. The first-order chi connectivity index (χ1) is 14.3. The van der Waals surface area contributed by atoms with E-state index in [1.54, 1.807) is 13.0 Å².